The Bertz CT molecular complexity index is 1340. The van der Waals surface area contributed by atoms with Crippen LogP contribution in [0.4, 0.5) is 0 Å². The number of rotatable bonds is 8. The van der Waals surface area contributed by atoms with Gasteiger partial charge in [-0.2, -0.15) is 0 Å². The summed E-state index contributed by atoms with van der Waals surface area (Å²) in [6.07, 6.45) is 2.52. The van der Waals surface area contributed by atoms with Crippen LogP contribution < -0.4 is 15.0 Å². The first-order valence-corrected chi connectivity index (χ1v) is 11.4. The van der Waals surface area contributed by atoms with E-state index >= 15 is 0 Å². The zero-order chi connectivity index (χ0) is 23.7. The van der Waals surface area contributed by atoms with E-state index in [1.54, 1.807) is 6.26 Å². The van der Waals surface area contributed by atoms with Gasteiger partial charge in [0.2, 0.25) is 0 Å². The number of H-pyrrole nitrogens is 1. The maximum atomic E-state index is 13.0. The molecule has 178 valence electrons. The van der Waals surface area contributed by atoms with Gasteiger partial charge in [0.15, 0.2) is 17.3 Å². The minimum absolute atomic E-state index is 0.151. The largest absolute Gasteiger partial charge is 0.486 e. The van der Waals surface area contributed by atoms with Crippen molar-refractivity contribution >= 4 is 10.9 Å². The molecule has 1 aliphatic heterocycles. The number of hydrogen-bond acceptors (Lipinski definition) is 8. The van der Waals surface area contributed by atoms with Crippen molar-refractivity contribution in [3.8, 4) is 11.5 Å². The van der Waals surface area contributed by atoms with Crippen LogP contribution >= 0.6 is 0 Å². The molecule has 1 N–H and O–H groups in total. The van der Waals surface area contributed by atoms with E-state index in [2.05, 4.69) is 46.2 Å². The quantitative estimate of drug-likeness (QED) is 0.423. The summed E-state index contributed by atoms with van der Waals surface area (Å²) in [5, 5.41) is 13.3. The van der Waals surface area contributed by atoms with E-state index < -0.39 is 0 Å². The number of ether oxygens (including phenoxy) is 2. The van der Waals surface area contributed by atoms with Gasteiger partial charge in [-0.05, 0) is 55.0 Å². The molecule has 0 saturated heterocycles. The highest BCUT2D eigenvalue weighted by Gasteiger charge is 2.25. The summed E-state index contributed by atoms with van der Waals surface area (Å²) < 4.78 is 18.8. The first kappa shape index (κ1) is 22.1. The first-order chi connectivity index (χ1) is 16.4. The van der Waals surface area contributed by atoms with Crippen LogP contribution in [0.3, 0.4) is 0 Å². The van der Waals surface area contributed by atoms with Gasteiger partial charge in [-0.25, -0.2) is 4.68 Å². The lowest BCUT2D eigenvalue weighted by molar-refractivity contribution is 0.172. The number of nitrogens with one attached hydrogen (secondary N) is 1. The van der Waals surface area contributed by atoms with Gasteiger partial charge < -0.3 is 18.9 Å². The molecule has 0 unspecified atom stereocenters. The summed E-state index contributed by atoms with van der Waals surface area (Å²) >= 11 is 0. The Balaban J connectivity index is 1.47. The number of nitrogens with zero attached hydrogens (tertiary/aromatic N) is 5. The second kappa shape index (κ2) is 8.94. The van der Waals surface area contributed by atoms with Gasteiger partial charge in [-0.15, -0.1) is 5.10 Å². The fourth-order valence-electron chi connectivity index (χ4n) is 4.06. The molecule has 1 aliphatic rings. The number of tetrazole rings is 1. The topological polar surface area (TPSA) is 111 Å². The summed E-state index contributed by atoms with van der Waals surface area (Å²) in [5.74, 6) is 2.86. The summed E-state index contributed by atoms with van der Waals surface area (Å²) in [7, 11) is 0. The third-order valence-electron chi connectivity index (χ3n) is 6.28. The molecule has 0 saturated carbocycles. The lowest BCUT2D eigenvalue weighted by Gasteiger charge is -2.26. The summed E-state index contributed by atoms with van der Waals surface area (Å²) in [6.45, 7) is 8.66. The maximum Gasteiger partial charge on any atom is 0.252 e. The predicted molar refractivity (Wildman–Crippen MR) is 125 cm³/mol. The lowest BCUT2D eigenvalue weighted by atomic mass is 10.0. The Labute approximate surface area is 196 Å². The number of pyridine rings is 1. The van der Waals surface area contributed by atoms with Crippen LogP contribution in [-0.4, -0.2) is 43.3 Å². The third-order valence-corrected chi connectivity index (χ3v) is 6.28. The Kier molecular flexibility index (Phi) is 5.82. The molecule has 3 aromatic heterocycles. The summed E-state index contributed by atoms with van der Waals surface area (Å²) in [6, 6.07) is 9.40. The predicted octanol–water partition coefficient (Wildman–Crippen LogP) is 3.23. The van der Waals surface area contributed by atoms with Gasteiger partial charge in [0, 0.05) is 23.6 Å². The smallest absolute Gasteiger partial charge is 0.252 e. The van der Waals surface area contributed by atoms with E-state index in [9.17, 15) is 4.79 Å². The maximum absolute atomic E-state index is 13.0. The van der Waals surface area contributed by atoms with Crippen LogP contribution in [0.15, 0.2) is 45.8 Å². The molecule has 0 fully saturated rings. The van der Waals surface area contributed by atoms with Crippen LogP contribution in [0.1, 0.15) is 44.3 Å². The molecular weight excluding hydrogens is 436 g/mol. The molecule has 34 heavy (non-hydrogen) atoms. The molecule has 10 nitrogen and oxygen atoms in total. The minimum Gasteiger partial charge on any atom is -0.486 e. The van der Waals surface area contributed by atoms with Gasteiger partial charge in [0.05, 0.1) is 30.4 Å². The van der Waals surface area contributed by atoms with Crippen molar-refractivity contribution in [1.29, 1.82) is 0 Å². The molecule has 0 radical (unpaired) electrons. The van der Waals surface area contributed by atoms with Crippen LogP contribution in [0.25, 0.3) is 10.9 Å². The average molecular weight is 465 g/mol. The highest BCUT2D eigenvalue weighted by atomic mass is 16.6. The molecular formula is C24H28N6O4. The van der Waals surface area contributed by atoms with Gasteiger partial charge in [-0.3, -0.25) is 9.69 Å². The second-order valence-corrected chi connectivity index (χ2v) is 9.10. The number of hydrogen-bond donors (Lipinski definition) is 1. The Morgan fingerprint density at radius 2 is 1.91 bits per heavy atom. The summed E-state index contributed by atoms with van der Waals surface area (Å²) in [5.41, 5.74) is 0.965. The number of aromatic amines is 1. The Hall–Kier alpha value is -3.66. The standard InChI is InChI=1S/C24H28N6O4/c1-4-24(2,3)30-22(26-27-28-30)15-29(14-18-6-5-7-32-18)13-17-10-16-11-20-21(34-9-8-33-20)12-19(16)25-23(17)31/h5-7,10-12H,4,8-9,13-15H2,1-3H3,(H,25,31). The molecule has 1 aromatic carbocycles. The molecule has 0 aliphatic carbocycles. The van der Waals surface area contributed by atoms with Crippen LogP contribution in [0, 0.1) is 0 Å². The molecule has 10 heteroatoms. The van der Waals surface area contributed by atoms with Gasteiger partial charge in [-0.1, -0.05) is 6.92 Å². The zero-order valence-electron chi connectivity index (χ0n) is 19.6. The Morgan fingerprint density at radius 3 is 2.65 bits per heavy atom. The Morgan fingerprint density at radius 1 is 1.12 bits per heavy atom. The average Bonchev–Trinajstić information content (AvgIpc) is 3.51. The first-order valence-electron chi connectivity index (χ1n) is 11.4. The van der Waals surface area contributed by atoms with Gasteiger partial charge in [0.1, 0.15) is 19.0 Å². The SMILES string of the molecule is CCC(C)(C)n1nnnc1CN(Cc1ccco1)Cc1cc2cc3c(cc2[nH]c1=O)OCCO3. The molecule has 0 atom stereocenters. The molecule has 5 rings (SSSR count). The molecule has 4 heterocycles. The van der Waals surface area contributed by atoms with Crippen molar-refractivity contribution in [3.63, 3.8) is 0 Å². The molecule has 0 spiro atoms. The van der Waals surface area contributed by atoms with E-state index in [1.807, 2.05) is 35.0 Å². The summed E-state index contributed by atoms with van der Waals surface area (Å²) in [4.78, 5) is 18.1. The fraction of sp³-hybridized carbons (Fsp3) is 0.417. The van der Waals surface area contributed by atoms with E-state index in [4.69, 9.17) is 13.9 Å². The highest BCUT2D eigenvalue weighted by Crippen LogP contribution is 2.33. The molecule has 0 bridgehead atoms. The van der Waals surface area contributed by atoms with Crippen LogP contribution in [0.5, 0.6) is 11.5 Å². The molecule has 0 amide bonds. The highest BCUT2D eigenvalue weighted by molar-refractivity contribution is 5.83. The van der Waals surface area contributed by atoms with Crippen molar-refractivity contribution in [2.75, 3.05) is 13.2 Å². The third kappa shape index (κ3) is 4.41. The van der Waals surface area contributed by atoms with Gasteiger partial charge >= 0.3 is 0 Å². The normalized spacial score (nSPS) is 13.6. The van der Waals surface area contributed by atoms with Gasteiger partial charge in [0.25, 0.3) is 5.56 Å². The van der Waals surface area contributed by atoms with E-state index in [0.29, 0.717) is 55.4 Å². The van der Waals surface area contributed by atoms with Crippen molar-refractivity contribution in [1.82, 2.24) is 30.1 Å². The number of benzene rings is 1. The van der Waals surface area contributed by atoms with Crippen molar-refractivity contribution in [2.45, 2.75) is 52.4 Å². The number of fused-ring (bicyclic) bond motifs is 2. The fourth-order valence-corrected chi connectivity index (χ4v) is 4.06. The van der Waals surface area contributed by atoms with E-state index in [-0.39, 0.29) is 11.1 Å². The number of furan rings is 1. The van der Waals surface area contributed by atoms with Crippen molar-refractivity contribution < 1.29 is 13.9 Å². The molecule has 4 aromatic rings. The zero-order valence-corrected chi connectivity index (χ0v) is 19.6. The van der Waals surface area contributed by atoms with Crippen LogP contribution in [-0.2, 0) is 25.2 Å². The van der Waals surface area contributed by atoms with E-state index in [0.717, 1.165) is 23.4 Å². The number of aromatic nitrogens is 5. The van der Waals surface area contributed by atoms with E-state index in [1.165, 1.54) is 0 Å². The van der Waals surface area contributed by atoms with Crippen LogP contribution in [0.2, 0.25) is 0 Å². The second-order valence-electron chi connectivity index (χ2n) is 9.10. The monoisotopic (exact) mass is 464 g/mol. The minimum atomic E-state index is -0.225. The lowest BCUT2D eigenvalue weighted by Crippen LogP contribution is -2.32. The van der Waals surface area contributed by atoms with Crippen molar-refractivity contribution in [3.05, 3.63) is 64.1 Å². The van der Waals surface area contributed by atoms with Crippen molar-refractivity contribution in [2.24, 2.45) is 0 Å².